The predicted octanol–water partition coefficient (Wildman–Crippen LogP) is 0.523. The van der Waals surface area contributed by atoms with E-state index in [0.717, 1.165) is 6.42 Å². The molecule has 47 valence electrons. The second kappa shape index (κ2) is 3.43. The molecule has 3 nitrogen and oxygen atoms in total. The fraction of sp³-hybridized carbons (Fsp3) is 0.800. The molecule has 0 aliphatic carbocycles. The van der Waals surface area contributed by atoms with Gasteiger partial charge in [0.2, 0.25) is 0 Å². The molecule has 0 rings (SSSR count). The number of hydrogen-bond donors (Lipinski definition) is 1. The van der Waals surface area contributed by atoms with E-state index < -0.39 is 12.0 Å². The van der Waals surface area contributed by atoms with Crippen LogP contribution in [-0.4, -0.2) is 17.1 Å². The quantitative estimate of drug-likeness (QED) is 0.584. The highest BCUT2D eigenvalue weighted by Crippen LogP contribution is 1.93. The minimum atomic E-state index is -1.02. The van der Waals surface area contributed by atoms with Crippen molar-refractivity contribution in [2.75, 3.05) is 0 Å². The summed E-state index contributed by atoms with van der Waals surface area (Å²) in [4.78, 5) is 9.90. The average Bonchev–Trinajstić information content (AvgIpc) is 1.67. The highest BCUT2D eigenvalue weighted by Gasteiger charge is 2.08. The van der Waals surface area contributed by atoms with E-state index in [2.05, 4.69) is 0 Å². The summed E-state index contributed by atoms with van der Waals surface area (Å²) in [5.41, 5.74) is 6.83. The standard InChI is InChI=1S/C5H10NO2/c1-2-3-4(6)5(7)8/h4,6H,2-3H2,1H3,(H,7,8). The zero-order valence-corrected chi connectivity index (χ0v) is 4.85. The van der Waals surface area contributed by atoms with Gasteiger partial charge in [-0.3, -0.25) is 4.79 Å². The van der Waals surface area contributed by atoms with Crippen LogP contribution in [0.25, 0.3) is 0 Å². The molecule has 0 aromatic carbocycles. The second-order valence-electron chi connectivity index (χ2n) is 1.68. The Bertz CT molecular complexity index is 82.5. The number of rotatable bonds is 3. The molecule has 3 heteroatoms. The molecular weight excluding hydrogens is 106 g/mol. The van der Waals surface area contributed by atoms with Gasteiger partial charge < -0.3 is 5.11 Å². The van der Waals surface area contributed by atoms with E-state index >= 15 is 0 Å². The van der Waals surface area contributed by atoms with Gasteiger partial charge in [0.25, 0.3) is 0 Å². The van der Waals surface area contributed by atoms with Crippen molar-refractivity contribution in [2.45, 2.75) is 25.8 Å². The van der Waals surface area contributed by atoms with Crippen molar-refractivity contribution in [3.8, 4) is 0 Å². The first-order valence-corrected chi connectivity index (χ1v) is 2.62. The fourth-order valence-electron chi connectivity index (χ4n) is 0.412. The summed E-state index contributed by atoms with van der Waals surface area (Å²) in [6.45, 7) is 1.87. The van der Waals surface area contributed by atoms with Crippen LogP contribution in [0.4, 0.5) is 0 Å². The van der Waals surface area contributed by atoms with Crippen LogP contribution < -0.4 is 5.73 Å². The highest BCUT2D eigenvalue weighted by molar-refractivity contribution is 5.72. The number of nitrogens with one attached hydrogen (secondary N) is 1. The summed E-state index contributed by atoms with van der Waals surface area (Å²) in [5.74, 6) is -1.02. The Kier molecular flexibility index (Phi) is 3.19. The zero-order chi connectivity index (χ0) is 6.57. The molecule has 0 aliphatic heterocycles. The Hall–Kier alpha value is -0.570. The molecular formula is C5H10NO2. The second-order valence-corrected chi connectivity index (χ2v) is 1.68. The van der Waals surface area contributed by atoms with Gasteiger partial charge in [0.05, 0.1) is 0 Å². The summed E-state index contributed by atoms with van der Waals surface area (Å²) in [7, 11) is 0. The van der Waals surface area contributed by atoms with Gasteiger partial charge in [-0.1, -0.05) is 13.3 Å². The molecule has 1 atom stereocenters. The minimum absolute atomic E-state index is 0.454. The summed E-state index contributed by atoms with van der Waals surface area (Å²) >= 11 is 0. The Morgan fingerprint density at radius 3 is 2.50 bits per heavy atom. The van der Waals surface area contributed by atoms with Crippen LogP contribution in [0.15, 0.2) is 0 Å². The van der Waals surface area contributed by atoms with Gasteiger partial charge in [-0.2, -0.15) is 0 Å². The average molecular weight is 116 g/mol. The van der Waals surface area contributed by atoms with Gasteiger partial charge in [0, 0.05) is 0 Å². The van der Waals surface area contributed by atoms with Crippen LogP contribution in [0, 0.1) is 0 Å². The Morgan fingerprint density at radius 2 is 2.38 bits per heavy atom. The Balaban J connectivity index is 3.32. The number of carboxylic acid groups (broad SMARTS) is 1. The number of carboxylic acids is 1. The van der Waals surface area contributed by atoms with Crippen molar-refractivity contribution in [3.63, 3.8) is 0 Å². The molecule has 0 aromatic rings. The number of hydrogen-bond acceptors (Lipinski definition) is 1. The molecule has 0 saturated carbocycles. The predicted molar refractivity (Wildman–Crippen MR) is 29.4 cm³/mol. The van der Waals surface area contributed by atoms with Gasteiger partial charge in [-0.15, -0.1) is 0 Å². The summed E-state index contributed by atoms with van der Waals surface area (Å²) in [6, 6.07) is -0.917. The molecule has 0 spiro atoms. The normalized spacial score (nSPS) is 13.2. The molecule has 0 aromatic heterocycles. The topological polar surface area (TPSA) is 61.1 Å². The first-order chi connectivity index (χ1) is 3.68. The molecule has 2 N–H and O–H groups in total. The Morgan fingerprint density at radius 1 is 1.88 bits per heavy atom. The van der Waals surface area contributed by atoms with Crippen LogP contribution >= 0.6 is 0 Å². The van der Waals surface area contributed by atoms with Gasteiger partial charge in [-0.05, 0) is 6.42 Å². The SMILES string of the molecule is CCCC([NH])C(=O)O. The van der Waals surface area contributed by atoms with Crippen LogP contribution in [0.1, 0.15) is 19.8 Å². The van der Waals surface area contributed by atoms with E-state index in [1.165, 1.54) is 0 Å². The third kappa shape index (κ3) is 2.58. The van der Waals surface area contributed by atoms with Crippen molar-refractivity contribution in [3.05, 3.63) is 0 Å². The van der Waals surface area contributed by atoms with Crippen LogP contribution in [0.2, 0.25) is 0 Å². The van der Waals surface area contributed by atoms with E-state index in [4.69, 9.17) is 10.8 Å². The molecule has 0 saturated heterocycles. The molecule has 0 heterocycles. The third-order valence-electron chi connectivity index (χ3n) is 0.875. The van der Waals surface area contributed by atoms with Crippen LogP contribution in [0.3, 0.4) is 0 Å². The van der Waals surface area contributed by atoms with Crippen LogP contribution in [0.5, 0.6) is 0 Å². The minimum Gasteiger partial charge on any atom is -0.480 e. The van der Waals surface area contributed by atoms with E-state index in [1.54, 1.807) is 0 Å². The largest absolute Gasteiger partial charge is 0.480 e. The fourth-order valence-corrected chi connectivity index (χ4v) is 0.412. The van der Waals surface area contributed by atoms with Crippen molar-refractivity contribution < 1.29 is 9.90 Å². The lowest BCUT2D eigenvalue weighted by atomic mass is 10.2. The van der Waals surface area contributed by atoms with Gasteiger partial charge in [0.15, 0.2) is 0 Å². The van der Waals surface area contributed by atoms with Gasteiger partial charge in [0.1, 0.15) is 6.04 Å². The maximum atomic E-state index is 9.90. The summed E-state index contributed by atoms with van der Waals surface area (Å²) in [5, 5.41) is 8.13. The highest BCUT2D eigenvalue weighted by atomic mass is 16.4. The lowest BCUT2D eigenvalue weighted by Crippen LogP contribution is -2.20. The molecule has 1 radical (unpaired) electrons. The first-order valence-electron chi connectivity index (χ1n) is 2.62. The third-order valence-corrected chi connectivity index (χ3v) is 0.875. The Labute approximate surface area is 48.5 Å². The summed E-state index contributed by atoms with van der Waals surface area (Å²) in [6.07, 6.45) is 1.22. The molecule has 1 unspecified atom stereocenters. The first kappa shape index (κ1) is 7.43. The van der Waals surface area contributed by atoms with E-state index in [0.29, 0.717) is 6.42 Å². The van der Waals surface area contributed by atoms with Crippen molar-refractivity contribution in [1.82, 2.24) is 5.73 Å². The monoisotopic (exact) mass is 116 g/mol. The lowest BCUT2D eigenvalue weighted by Gasteiger charge is -1.99. The smallest absolute Gasteiger partial charge is 0.322 e. The van der Waals surface area contributed by atoms with Gasteiger partial charge in [-0.25, -0.2) is 5.73 Å². The summed E-state index contributed by atoms with van der Waals surface area (Å²) < 4.78 is 0. The molecule has 0 aliphatic rings. The van der Waals surface area contributed by atoms with E-state index in [-0.39, 0.29) is 0 Å². The lowest BCUT2D eigenvalue weighted by molar-refractivity contribution is -0.138. The maximum absolute atomic E-state index is 9.90. The molecule has 0 amide bonds. The van der Waals surface area contributed by atoms with Crippen molar-refractivity contribution in [2.24, 2.45) is 0 Å². The van der Waals surface area contributed by atoms with Gasteiger partial charge >= 0.3 is 5.97 Å². The van der Waals surface area contributed by atoms with Crippen molar-refractivity contribution in [1.29, 1.82) is 0 Å². The number of carbonyl (C=O) groups is 1. The van der Waals surface area contributed by atoms with E-state index in [9.17, 15) is 4.79 Å². The molecule has 8 heavy (non-hydrogen) atoms. The van der Waals surface area contributed by atoms with Crippen LogP contribution in [-0.2, 0) is 4.79 Å². The van der Waals surface area contributed by atoms with E-state index in [1.807, 2.05) is 6.92 Å². The zero-order valence-electron chi connectivity index (χ0n) is 4.85. The van der Waals surface area contributed by atoms with Crippen molar-refractivity contribution >= 4 is 5.97 Å². The number of aliphatic carboxylic acids is 1. The molecule has 0 fully saturated rings. The maximum Gasteiger partial charge on any atom is 0.322 e. The molecule has 0 bridgehead atoms.